The molecule has 3 rings (SSSR count). The first-order valence-corrected chi connectivity index (χ1v) is 7.97. The van der Waals surface area contributed by atoms with Gasteiger partial charge in [0.05, 0.1) is 29.9 Å². The maximum Gasteiger partial charge on any atom is 0.255 e. The Bertz CT molecular complexity index is 919. The third-order valence-corrected chi connectivity index (χ3v) is 3.69. The largest absolute Gasteiger partial charge is 0.497 e. The Hall–Kier alpha value is -3.67. The number of anilines is 2. The highest BCUT2D eigenvalue weighted by Gasteiger charge is 2.07. The molecule has 3 N–H and O–H groups in total. The van der Waals surface area contributed by atoms with Gasteiger partial charge in [0, 0.05) is 5.56 Å². The lowest BCUT2D eigenvalue weighted by molar-refractivity contribution is 0.102. The second kappa shape index (κ2) is 7.94. The quantitative estimate of drug-likeness (QED) is 0.506. The minimum atomic E-state index is -0.235. The lowest BCUT2D eigenvalue weighted by Gasteiger charge is -2.07. The van der Waals surface area contributed by atoms with Crippen LogP contribution >= 0.6 is 0 Å². The number of azo groups is 1. The van der Waals surface area contributed by atoms with Gasteiger partial charge in [-0.2, -0.15) is 10.2 Å². The molecule has 1 amide bonds. The molecule has 0 spiro atoms. The van der Waals surface area contributed by atoms with Crippen molar-refractivity contribution in [1.82, 2.24) is 0 Å². The number of amides is 1. The van der Waals surface area contributed by atoms with Crippen LogP contribution < -0.4 is 15.8 Å². The molecule has 0 unspecified atom stereocenters. The number of ether oxygens (including phenoxy) is 1. The molecule has 6 nitrogen and oxygen atoms in total. The normalized spacial score (nSPS) is 10.7. The molecular weight excluding hydrogens is 328 g/mol. The van der Waals surface area contributed by atoms with Crippen molar-refractivity contribution < 1.29 is 9.53 Å². The summed E-state index contributed by atoms with van der Waals surface area (Å²) < 4.78 is 5.10. The van der Waals surface area contributed by atoms with E-state index >= 15 is 0 Å². The lowest BCUT2D eigenvalue weighted by Crippen LogP contribution is -2.12. The molecule has 0 saturated heterocycles. The number of nitrogen functional groups attached to an aromatic ring is 1. The zero-order valence-electron chi connectivity index (χ0n) is 14.2. The van der Waals surface area contributed by atoms with E-state index in [0.717, 1.165) is 5.75 Å². The Balaban J connectivity index is 1.66. The van der Waals surface area contributed by atoms with Crippen molar-refractivity contribution in [3.05, 3.63) is 78.4 Å². The predicted molar refractivity (Wildman–Crippen MR) is 102 cm³/mol. The second-order valence-corrected chi connectivity index (χ2v) is 5.49. The minimum Gasteiger partial charge on any atom is -0.497 e. The highest BCUT2D eigenvalue weighted by Crippen LogP contribution is 2.22. The molecule has 0 aliphatic carbocycles. The van der Waals surface area contributed by atoms with Crippen LogP contribution in [0.25, 0.3) is 0 Å². The van der Waals surface area contributed by atoms with Gasteiger partial charge in [-0.1, -0.05) is 12.1 Å². The molecule has 3 aromatic rings. The summed E-state index contributed by atoms with van der Waals surface area (Å²) in [6, 6.07) is 21.2. The van der Waals surface area contributed by atoms with E-state index in [2.05, 4.69) is 15.5 Å². The predicted octanol–water partition coefficient (Wildman–Crippen LogP) is 4.95. The van der Waals surface area contributed by atoms with Gasteiger partial charge in [0.2, 0.25) is 0 Å². The van der Waals surface area contributed by atoms with Crippen LogP contribution in [-0.2, 0) is 0 Å². The summed E-state index contributed by atoms with van der Waals surface area (Å²) in [4.78, 5) is 12.3. The van der Waals surface area contributed by atoms with Gasteiger partial charge < -0.3 is 15.8 Å². The number of nitrogens with two attached hydrogens (primary N) is 1. The van der Waals surface area contributed by atoms with E-state index in [9.17, 15) is 4.79 Å². The van der Waals surface area contributed by atoms with Crippen LogP contribution in [0.3, 0.4) is 0 Å². The van der Waals surface area contributed by atoms with Crippen molar-refractivity contribution in [3.8, 4) is 5.75 Å². The second-order valence-electron chi connectivity index (χ2n) is 5.49. The maximum atomic E-state index is 12.3. The van der Waals surface area contributed by atoms with Crippen molar-refractivity contribution in [1.29, 1.82) is 0 Å². The average molecular weight is 346 g/mol. The third kappa shape index (κ3) is 4.24. The van der Waals surface area contributed by atoms with Gasteiger partial charge in [-0.25, -0.2) is 0 Å². The molecular formula is C20H18N4O2. The molecule has 0 radical (unpaired) electrons. The van der Waals surface area contributed by atoms with E-state index in [-0.39, 0.29) is 5.91 Å². The standard InChI is InChI=1S/C20H18N4O2/c1-26-17-12-10-16(11-13-17)24-23-15-8-6-14(7-9-15)20(25)22-19-5-3-2-4-18(19)21/h2-13H,21H2,1H3,(H,22,25). The minimum absolute atomic E-state index is 0.235. The lowest BCUT2D eigenvalue weighted by atomic mass is 10.2. The van der Waals surface area contributed by atoms with Crippen LogP contribution in [0, 0.1) is 0 Å². The molecule has 0 aliphatic heterocycles. The number of methoxy groups -OCH3 is 1. The topological polar surface area (TPSA) is 89.1 Å². The molecule has 0 heterocycles. The maximum absolute atomic E-state index is 12.3. The van der Waals surface area contributed by atoms with Gasteiger partial charge in [0.25, 0.3) is 5.91 Å². The molecule has 3 aromatic carbocycles. The van der Waals surface area contributed by atoms with E-state index in [4.69, 9.17) is 10.5 Å². The summed E-state index contributed by atoms with van der Waals surface area (Å²) in [5, 5.41) is 11.1. The van der Waals surface area contributed by atoms with Crippen molar-refractivity contribution in [2.24, 2.45) is 10.2 Å². The van der Waals surface area contributed by atoms with Crippen LogP contribution in [0.4, 0.5) is 22.7 Å². The molecule has 0 aromatic heterocycles. The number of carbonyl (C=O) groups excluding carboxylic acids is 1. The Morgan fingerprint density at radius 2 is 1.46 bits per heavy atom. The summed E-state index contributed by atoms with van der Waals surface area (Å²) in [7, 11) is 1.61. The van der Waals surface area contributed by atoms with E-state index in [1.54, 1.807) is 43.5 Å². The van der Waals surface area contributed by atoms with Crippen molar-refractivity contribution in [2.45, 2.75) is 0 Å². The Morgan fingerprint density at radius 3 is 2.04 bits per heavy atom. The van der Waals surface area contributed by atoms with Crippen LogP contribution in [0.5, 0.6) is 5.75 Å². The number of carbonyl (C=O) groups is 1. The fourth-order valence-electron chi connectivity index (χ4n) is 2.25. The van der Waals surface area contributed by atoms with Gasteiger partial charge in [-0.15, -0.1) is 0 Å². The summed E-state index contributed by atoms with van der Waals surface area (Å²) in [6.07, 6.45) is 0. The number of nitrogens with zero attached hydrogens (tertiary/aromatic N) is 2. The zero-order chi connectivity index (χ0) is 18.4. The molecule has 0 saturated carbocycles. The number of hydrogen-bond acceptors (Lipinski definition) is 5. The SMILES string of the molecule is COc1ccc(N=Nc2ccc(C(=O)Nc3ccccc3N)cc2)cc1. The number of nitrogens with one attached hydrogen (secondary N) is 1. The highest BCUT2D eigenvalue weighted by atomic mass is 16.5. The van der Waals surface area contributed by atoms with Gasteiger partial charge in [0.1, 0.15) is 5.75 Å². The smallest absolute Gasteiger partial charge is 0.255 e. The fraction of sp³-hybridized carbons (Fsp3) is 0.0500. The van der Waals surface area contributed by atoms with Crippen molar-refractivity contribution in [3.63, 3.8) is 0 Å². The van der Waals surface area contributed by atoms with Gasteiger partial charge in [-0.3, -0.25) is 4.79 Å². The van der Waals surface area contributed by atoms with Gasteiger partial charge >= 0.3 is 0 Å². The van der Waals surface area contributed by atoms with E-state index < -0.39 is 0 Å². The van der Waals surface area contributed by atoms with Crippen LogP contribution in [0.2, 0.25) is 0 Å². The van der Waals surface area contributed by atoms with Crippen LogP contribution in [0.15, 0.2) is 83.0 Å². The molecule has 0 fully saturated rings. The number of hydrogen-bond donors (Lipinski definition) is 2. The molecule has 26 heavy (non-hydrogen) atoms. The monoisotopic (exact) mass is 346 g/mol. The number of rotatable bonds is 5. The molecule has 0 aliphatic rings. The molecule has 130 valence electrons. The molecule has 6 heteroatoms. The van der Waals surface area contributed by atoms with Crippen LogP contribution in [0.1, 0.15) is 10.4 Å². The number of benzene rings is 3. The van der Waals surface area contributed by atoms with Crippen LogP contribution in [-0.4, -0.2) is 13.0 Å². The van der Waals surface area contributed by atoms with E-state index in [0.29, 0.717) is 28.3 Å². The van der Waals surface area contributed by atoms with Crippen molar-refractivity contribution in [2.75, 3.05) is 18.2 Å². The van der Waals surface area contributed by atoms with E-state index in [1.807, 2.05) is 36.4 Å². The van der Waals surface area contributed by atoms with Gasteiger partial charge in [0.15, 0.2) is 0 Å². The average Bonchev–Trinajstić information content (AvgIpc) is 2.69. The van der Waals surface area contributed by atoms with Gasteiger partial charge in [-0.05, 0) is 60.7 Å². The molecule has 0 bridgehead atoms. The Labute approximate surface area is 151 Å². The Morgan fingerprint density at radius 1 is 0.885 bits per heavy atom. The fourth-order valence-corrected chi connectivity index (χ4v) is 2.25. The third-order valence-electron chi connectivity index (χ3n) is 3.69. The highest BCUT2D eigenvalue weighted by molar-refractivity contribution is 6.05. The molecule has 0 atom stereocenters. The summed E-state index contributed by atoms with van der Waals surface area (Å²) in [5.74, 6) is 0.528. The first-order valence-electron chi connectivity index (χ1n) is 7.97. The van der Waals surface area contributed by atoms with E-state index in [1.165, 1.54) is 0 Å². The summed E-state index contributed by atoms with van der Waals surface area (Å²) in [5.41, 5.74) is 8.81. The number of para-hydroxylation sites is 2. The zero-order valence-corrected chi connectivity index (χ0v) is 14.2. The van der Waals surface area contributed by atoms with Crippen molar-refractivity contribution >= 4 is 28.7 Å². The summed E-state index contributed by atoms with van der Waals surface area (Å²) in [6.45, 7) is 0. The first-order chi connectivity index (χ1) is 12.7. The first kappa shape index (κ1) is 17.2. The Kier molecular flexibility index (Phi) is 5.24. The summed E-state index contributed by atoms with van der Waals surface area (Å²) >= 11 is 0.